The zero-order valence-electron chi connectivity index (χ0n) is 8.21. The lowest BCUT2D eigenvalue weighted by molar-refractivity contribution is 0.808. The Morgan fingerprint density at radius 1 is 1.47 bits per heavy atom. The van der Waals surface area contributed by atoms with Gasteiger partial charge >= 0.3 is 0 Å². The van der Waals surface area contributed by atoms with Gasteiger partial charge in [-0.3, -0.25) is 5.10 Å². The van der Waals surface area contributed by atoms with Crippen molar-refractivity contribution in [3.05, 3.63) is 30.2 Å². The van der Waals surface area contributed by atoms with Crippen LogP contribution in [-0.4, -0.2) is 20.2 Å². The Bertz CT molecular complexity index is 426. The van der Waals surface area contributed by atoms with E-state index in [0.29, 0.717) is 0 Å². The molecule has 0 saturated heterocycles. The van der Waals surface area contributed by atoms with Crippen LogP contribution in [-0.2, 0) is 0 Å². The number of rotatable bonds is 3. The Morgan fingerprint density at radius 3 is 3.00 bits per heavy atom. The van der Waals surface area contributed by atoms with Crippen molar-refractivity contribution >= 4 is 11.8 Å². The van der Waals surface area contributed by atoms with Crippen LogP contribution in [0.1, 0.15) is 18.5 Å². The number of hydrogen-bond donors (Lipinski definition) is 2. The number of aromatic amines is 1. The van der Waals surface area contributed by atoms with Crippen LogP contribution >= 0.6 is 11.8 Å². The second kappa shape index (κ2) is 4.41. The first-order valence-corrected chi connectivity index (χ1v) is 5.32. The van der Waals surface area contributed by atoms with Crippen LogP contribution in [0.5, 0.6) is 0 Å². The van der Waals surface area contributed by atoms with Crippen molar-refractivity contribution in [2.75, 3.05) is 0 Å². The van der Waals surface area contributed by atoms with E-state index >= 15 is 0 Å². The zero-order valence-corrected chi connectivity index (χ0v) is 9.03. The van der Waals surface area contributed by atoms with Gasteiger partial charge in [-0.15, -0.1) is 0 Å². The SMILES string of the molecule is C[C@H](N)c1ccnc(Sc2ncn[nH]2)c1. The number of nitrogens with two attached hydrogens (primary N) is 1. The molecule has 0 amide bonds. The molecular weight excluding hydrogens is 210 g/mol. The second-order valence-corrected chi connectivity index (χ2v) is 4.12. The normalized spacial score (nSPS) is 12.7. The number of nitrogens with one attached hydrogen (secondary N) is 1. The molecule has 2 heterocycles. The van der Waals surface area contributed by atoms with Crippen LogP contribution in [0, 0.1) is 0 Å². The van der Waals surface area contributed by atoms with Crippen molar-refractivity contribution < 1.29 is 0 Å². The highest BCUT2D eigenvalue weighted by molar-refractivity contribution is 7.99. The summed E-state index contributed by atoms with van der Waals surface area (Å²) in [6, 6.07) is 3.88. The van der Waals surface area contributed by atoms with E-state index in [2.05, 4.69) is 20.2 Å². The summed E-state index contributed by atoms with van der Waals surface area (Å²) in [4.78, 5) is 8.23. The van der Waals surface area contributed by atoms with Crippen molar-refractivity contribution in [2.45, 2.75) is 23.1 Å². The Balaban J connectivity index is 2.18. The molecule has 0 aliphatic carbocycles. The summed E-state index contributed by atoms with van der Waals surface area (Å²) in [6.07, 6.45) is 3.22. The fourth-order valence-corrected chi connectivity index (χ4v) is 1.81. The summed E-state index contributed by atoms with van der Waals surface area (Å²) in [5.74, 6) is 0. The summed E-state index contributed by atoms with van der Waals surface area (Å²) in [5, 5.41) is 8.12. The predicted octanol–water partition coefficient (Wildman–Crippen LogP) is 1.37. The van der Waals surface area contributed by atoms with Crippen LogP contribution < -0.4 is 5.73 Å². The number of H-pyrrole nitrogens is 1. The van der Waals surface area contributed by atoms with Gasteiger partial charge in [0.05, 0.1) is 0 Å². The van der Waals surface area contributed by atoms with Gasteiger partial charge in [-0.25, -0.2) is 9.97 Å². The maximum atomic E-state index is 5.78. The highest BCUT2D eigenvalue weighted by Crippen LogP contribution is 2.23. The smallest absolute Gasteiger partial charge is 0.189 e. The molecule has 0 saturated carbocycles. The lowest BCUT2D eigenvalue weighted by Crippen LogP contribution is -2.04. The van der Waals surface area contributed by atoms with E-state index in [1.165, 1.54) is 18.1 Å². The van der Waals surface area contributed by atoms with E-state index < -0.39 is 0 Å². The molecule has 6 heteroatoms. The van der Waals surface area contributed by atoms with Crippen molar-refractivity contribution in [3.63, 3.8) is 0 Å². The molecule has 5 nitrogen and oxygen atoms in total. The molecule has 2 aromatic rings. The third kappa shape index (κ3) is 2.54. The lowest BCUT2D eigenvalue weighted by Gasteiger charge is -2.05. The second-order valence-electron chi connectivity index (χ2n) is 3.11. The molecule has 0 fully saturated rings. The Morgan fingerprint density at radius 2 is 2.33 bits per heavy atom. The molecule has 0 bridgehead atoms. The minimum Gasteiger partial charge on any atom is -0.324 e. The van der Waals surface area contributed by atoms with Crippen LogP contribution in [0.3, 0.4) is 0 Å². The zero-order chi connectivity index (χ0) is 10.7. The Kier molecular flexibility index (Phi) is 2.98. The average Bonchev–Trinajstić information content (AvgIpc) is 2.71. The lowest BCUT2D eigenvalue weighted by atomic mass is 10.1. The van der Waals surface area contributed by atoms with Crippen LogP contribution in [0.4, 0.5) is 0 Å². The van der Waals surface area contributed by atoms with Gasteiger partial charge in [0.25, 0.3) is 0 Å². The maximum Gasteiger partial charge on any atom is 0.189 e. The Hall–Kier alpha value is -1.40. The molecule has 0 aliphatic heterocycles. The first-order chi connectivity index (χ1) is 7.25. The number of hydrogen-bond acceptors (Lipinski definition) is 5. The monoisotopic (exact) mass is 221 g/mol. The van der Waals surface area contributed by atoms with E-state index in [1.807, 2.05) is 19.1 Å². The molecule has 3 N–H and O–H groups in total. The molecule has 0 aromatic carbocycles. The number of pyridine rings is 1. The fraction of sp³-hybridized carbons (Fsp3) is 0.222. The van der Waals surface area contributed by atoms with Gasteiger partial charge in [0.1, 0.15) is 11.4 Å². The van der Waals surface area contributed by atoms with Gasteiger partial charge in [-0.1, -0.05) is 0 Å². The third-order valence-corrected chi connectivity index (χ3v) is 2.70. The van der Waals surface area contributed by atoms with Gasteiger partial charge in [-0.2, -0.15) is 5.10 Å². The largest absolute Gasteiger partial charge is 0.324 e. The average molecular weight is 221 g/mol. The van der Waals surface area contributed by atoms with E-state index in [0.717, 1.165) is 15.7 Å². The Labute approximate surface area is 91.5 Å². The summed E-state index contributed by atoms with van der Waals surface area (Å²) >= 11 is 1.43. The quantitative estimate of drug-likeness (QED) is 0.818. The molecule has 2 rings (SSSR count). The minimum atomic E-state index is 0.0158. The van der Waals surface area contributed by atoms with Crippen LogP contribution in [0.25, 0.3) is 0 Å². The molecule has 1 atom stereocenters. The highest BCUT2D eigenvalue weighted by atomic mass is 32.2. The first kappa shape index (κ1) is 10.1. The van der Waals surface area contributed by atoms with Crippen LogP contribution in [0.15, 0.2) is 34.8 Å². The van der Waals surface area contributed by atoms with Crippen molar-refractivity contribution in [3.8, 4) is 0 Å². The number of nitrogens with zero attached hydrogens (tertiary/aromatic N) is 3. The molecule has 0 radical (unpaired) electrons. The first-order valence-electron chi connectivity index (χ1n) is 4.50. The predicted molar refractivity (Wildman–Crippen MR) is 57.3 cm³/mol. The van der Waals surface area contributed by atoms with Crippen molar-refractivity contribution in [1.29, 1.82) is 0 Å². The topological polar surface area (TPSA) is 80.5 Å². The maximum absolute atomic E-state index is 5.78. The van der Waals surface area contributed by atoms with Gasteiger partial charge in [0.15, 0.2) is 5.16 Å². The van der Waals surface area contributed by atoms with Crippen molar-refractivity contribution in [2.24, 2.45) is 5.73 Å². The molecule has 2 aromatic heterocycles. The summed E-state index contributed by atoms with van der Waals surface area (Å²) in [5.41, 5.74) is 6.85. The van der Waals surface area contributed by atoms with Crippen LogP contribution in [0.2, 0.25) is 0 Å². The summed E-state index contributed by atoms with van der Waals surface area (Å²) in [7, 11) is 0. The van der Waals surface area contributed by atoms with Gasteiger partial charge < -0.3 is 5.73 Å². The molecule has 78 valence electrons. The number of aromatic nitrogens is 4. The highest BCUT2D eigenvalue weighted by Gasteiger charge is 2.04. The summed E-state index contributed by atoms with van der Waals surface area (Å²) in [6.45, 7) is 1.94. The van der Waals surface area contributed by atoms with Gasteiger partial charge in [0, 0.05) is 12.2 Å². The van der Waals surface area contributed by atoms with Gasteiger partial charge in [-0.05, 0) is 36.4 Å². The third-order valence-electron chi connectivity index (χ3n) is 1.88. The summed E-state index contributed by atoms with van der Waals surface area (Å²) < 4.78 is 0. The molecular formula is C9H11N5S. The van der Waals surface area contributed by atoms with Crippen molar-refractivity contribution in [1.82, 2.24) is 20.2 Å². The molecule has 15 heavy (non-hydrogen) atoms. The molecule has 0 aliphatic rings. The van der Waals surface area contributed by atoms with E-state index in [1.54, 1.807) is 6.20 Å². The minimum absolute atomic E-state index is 0.0158. The van der Waals surface area contributed by atoms with Gasteiger partial charge in [0.2, 0.25) is 0 Å². The molecule has 0 spiro atoms. The van der Waals surface area contributed by atoms with E-state index in [-0.39, 0.29) is 6.04 Å². The van der Waals surface area contributed by atoms with E-state index in [4.69, 9.17) is 5.73 Å². The standard InChI is InChI=1S/C9H11N5S/c1-6(10)7-2-3-11-8(4-7)15-9-12-5-13-14-9/h2-6H,10H2,1H3,(H,12,13,14)/t6-/m0/s1. The molecule has 0 unspecified atom stereocenters. The van der Waals surface area contributed by atoms with E-state index in [9.17, 15) is 0 Å². The fourth-order valence-electron chi connectivity index (χ4n) is 1.11.